The van der Waals surface area contributed by atoms with Gasteiger partial charge in [0.2, 0.25) is 0 Å². The summed E-state index contributed by atoms with van der Waals surface area (Å²) in [6.45, 7) is 7.44. The summed E-state index contributed by atoms with van der Waals surface area (Å²) in [6, 6.07) is 25.8. The zero-order valence-electron chi connectivity index (χ0n) is 25.7. The maximum absolute atomic E-state index is 15.4. The molecule has 0 bridgehead atoms. The van der Waals surface area contributed by atoms with Crippen LogP contribution < -0.4 is 9.47 Å². The molecule has 1 amide bonds. The topological polar surface area (TPSA) is 74.3 Å². The van der Waals surface area contributed by atoms with Crippen molar-refractivity contribution in [3.63, 3.8) is 0 Å². The third-order valence-electron chi connectivity index (χ3n) is 7.78. The second kappa shape index (κ2) is 13.0. The molecular weight excluding hydrogens is 561 g/mol. The molecule has 0 N–H and O–H groups in total. The summed E-state index contributed by atoms with van der Waals surface area (Å²) in [7, 11) is 1.28. The Morgan fingerprint density at radius 3 is 2.48 bits per heavy atom. The van der Waals surface area contributed by atoms with E-state index in [2.05, 4.69) is 10.8 Å². The zero-order chi connectivity index (χ0) is 31.4. The van der Waals surface area contributed by atoms with Crippen molar-refractivity contribution in [3.05, 3.63) is 107 Å². The lowest BCUT2D eigenvalue weighted by molar-refractivity contribution is -0.142. The number of ether oxygens (including phenoxy) is 4. The number of para-hydroxylation sites is 1. The number of hydrogen-bond donors (Lipinski definition) is 0. The third-order valence-corrected chi connectivity index (χ3v) is 7.78. The Bertz CT molecular complexity index is 1640. The number of benzene rings is 4. The predicted octanol–water partition coefficient (Wildman–Crippen LogP) is 7.81. The number of methoxy groups -OCH3 is 1. The normalized spacial score (nSPS) is 16.8. The number of halogens is 1. The van der Waals surface area contributed by atoms with Gasteiger partial charge in [0.05, 0.1) is 19.7 Å². The van der Waals surface area contributed by atoms with Crippen molar-refractivity contribution < 1.29 is 32.9 Å². The molecule has 7 nitrogen and oxygen atoms in total. The molecule has 0 aromatic heterocycles. The second-order valence-corrected chi connectivity index (χ2v) is 12.0. The summed E-state index contributed by atoms with van der Waals surface area (Å²) in [5.74, 6) is -0.345. The van der Waals surface area contributed by atoms with Crippen molar-refractivity contribution in [1.29, 1.82) is 0 Å². The fourth-order valence-electron chi connectivity index (χ4n) is 5.69. The minimum absolute atomic E-state index is 0.213. The van der Waals surface area contributed by atoms with E-state index in [4.69, 9.17) is 14.2 Å². The monoisotopic (exact) mass is 599 g/mol. The molecule has 8 heteroatoms. The van der Waals surface area contributed by atoms with E-state index in [1.807, 2.05) is 88.4 Å². The molecule has 3 atom stereocenters. The van der Waals surface area contributed by atoms with Crippen molar-refractivity contribution in [2.45, 2.75) is 57.8 Å². The van der Waals surface area contributed by atoms with E-state index in [0.29, 0.717) is 23.5 Å². The van der Waals surface area contributed by atoms with Gasteiger partial charge in [0.25, 0.3) is 0 Å². The molecule has 0 saturated carbocycles. The van der Waals surface area contributed by atoms with Crippen LogP contribution in [0.15, 0.2) is 84.9 Å². The van der Waals surface area contributed by atoms with Crippen LogP contribution in [0, 0.1) is 5.82 Å². The summed E-state index contributed by atoms with van der Waals surface area (Å²) >= 11 is 0. The Labute approximate surface area is 257 Å². The summed E-state index contributed by atoms with van der Waals surface area (Å²) in [6.07, 6.45) is -0.532. The van der Waals surface area contributed by atoms with E-state index in [1.54, 1.807) is 11.0 Å². The van der Waals surface area contributed by atoms with Gasteiger partial charge in [0.15, 0.2) is 6.61 Å². The number of nitrogens with zero attached hydrogens (tertiary/aromatic N) is 1. The number of esters is 1. The molecule has 0 spiro atoms. The number of fused-ring (bicyclic) bond motifs is 2. The van der Waals surface area contributed by atoms with Crippen molar-refractivity contribution >= 4 is 22.8 Å². The van der Waals surface area contributed by atoms with Crippen LogP contribution in [0.2, 0.25) is 0 Å². The van der Waals surface area contributed by atoms with Gasteiger partial charge in [-0.3, -0.25) is 4.90 Å². The number of amides is 1. The molecule has 0 fully saturated rings. The molecule has 0 aliphatic carbocycles. The quantitative estimate of drug-likeness (QED) is 0.192. The summed E-state index contributed by atoms with van der Waals surface area (Å²) in [5.41, 5.74) is 1.53. The highest BCUT2D eigenvalue weighted by molar-refractivity contribution is 5.86. The van der Waals surface area contributed by atoms with E-state index < -0.39 is 29.6 Å². The Morgan fingerprint density at radius 2 is 1.70 bits per heavy atom. The molecule has 1 heterocycles. The maximum Gasteiger partial charge on any atom is 0.410 e. The highest BCUT2D eigenvalue weighted by Crippen LogP contribution is 2.43. The van der Waals surface area contributed by atoms with E-state index in [1.165, 1.54) is 19.2 Å². The molecule has 0 radical (unpaired) electrons. The minimum atomic E-state index is -0.704. The van der Waals surface area contributed by atoms with E-state index in [9.17, 15) is 9.59 Å². The SMILES string of the molecule is COC(=O)COc1ccc(F)c(C2CC(CN(C(=O)OC(C)(C)C)C(C)c3cccc4ccccc34)Oc3ccccc32)c1. The van der Waals surface area contributed by atoms with Gasteiger partial charge in [-0.1, -0.05) is 60.7 Å². The van der Waals surface area contributed by atoms with Crippen molar-refractivity contribution in [3.8, 4) is 11.5 Å². The van der Waals surface area contributed by atoms with Crippen LogP contribution in [0.3, 0.4) is 0 Å². The number of hydrogen-bond acceptors (Lipinski definition) is 6. The van der Waals surface area contributed by atoms with Gasteiger partial charge < -0.3 is 18.9 Å². The summed E-state index contributed by atoms with van der Waals surface area (Å²) < 4.78 is 38.0. The van der Waals surface area contributed by atoms with Crippen LogP contribution in [0.4, 0.5) is 9.18 Å². The Morgan fingerprint density at radius 1 is 0.977 bits per heavy atom. The van der Waals surface area contributed by atoms with Gasteiger partial charge in [-0.2, -0.15) is 0 Å². The second-order valence-electron chi connectivity index (χ2n) is 12.0. The molecule has 4 aromatic rings. The molecule has 0 saturated heterocycles. The third kappa shape index (κ3) is 6.96. The lowest BCUT2D eigenvalue weighted by atomic mass is 9.83. The first kappa shape index (κ1) is 30.9. The number of carbonyl (C=O) groups is 2. The van der Waals surface area contributed by atoms with Crippen molar-refractivity contribution in [2.24, 2.45) is 0 Å². The van der Waals surface area contributed by atoms with E-state index >= 15 is 4.39 Å². The highest BCUT2D eigenvalue weighted by atomic mass is 19.1. The first-order valence-corrected chi connectivity index (χ1v) is 14.8. The van der Waals surface area contributed by atoms with Crippen LogP contribution in [0.5, 0.6) is 11.5 Å². The van der Waals surface area contributed by atoms with Gasteiger partial charge in [-0.15, -0.1) is 0 Å². The predicted molar refractivity (Wildman–Crippen MR) is 167 cm³/mol. The van der Waals surface area contributed by atoms with Crippen molar-refractivity contribution in [2.75, 3.05) is 20.3 Å². The van der Waals surface area contributed by atoms with Gasteiger partial charge in [0.1, 0.15) is 29.0 Å². The zero-order valence-corrected chi connectivity index (χ0v) is 25.7. The average molecular weight is 600 g/mol. The molecule has 4 aromatic carbocycles. The van der Waals surface area contributed by atoms with Gasteiger partial charge in [-0.05, 0) is 80.3 Å². The Kier molecular flexibility index (Phi) is 9.09. The molecular formula is C36H38FNO6. The first-order valence-electron chi connectivity index (χ1n) is 14.8. The van der Waals surface area contributed by atoms with Crippen LogP contribution in [0.25, 0.3) is 10.8 Å². The first-order chi connectivity index (χ1) is 21.0. The van der Waals surface area contributed by atoms with Crippen LogP contribution >= 0.6 is 0 Å². The number of rotatable bonds is 8. The van der Waals surface area contributed by atoms with Gasteiger partial charge >= 0.3 is 12.1 Å². The van der Waals surface area contributed by atoms with Crippen LogP contribution in [-0.2, 0) is 14.3 Å². The fourth-order valence-corrected chi connectivity index (χ4v) is 5.69. The molecule has 3 unspecified atom stereocenters. The minimum Gasteiger partial charge on any atom is -0.488 e. The average Bonchev–Trinajstić information content (AvgIpc) is 3.01. The van der Waals surface area contributed by atoms with E-state index in [-0.39, 0.29) is 25.1 Å². The Hall–Kier alpha value is -4.59. The lowest BCUT2D eigenvalue weighted by Crippen LogP contribution is -2.45. The molecule has 44 heavy (non-hydrogen) atoms. The van der Waals surface area contributed by atoms with Crippen molar-refractivity contribution in [1.82, 2.24) is 4.90 Å². The molecule has 230 valence electrons. The smallest absolute Gasteiger partial charge is 0.410 e. The molecule has 1 aliphatic heterocycles. The maximum atomic E-state index is 15.4. The Balaban J connectivity index is 1.49. The lowest BCUT2D eigenvalue weighted by Gasteiger charge is -2.38. The van der Waals surface area contributed by atoms with Gasteiger partial charge in [-0.25, -0.2) is 14.0 Å². The highest BCUT2D eigenvalue weighted by Gasteiger charge is 2.36. The van der Waals surface area contributed by atoms with Crippen LogP contribution in [-0.4, -0.2) is 48.9 Å². The fraction of sp³-hybridized carbons (Fsp3) is 0.333. The standard InChI is InChI=1S/C36H38FNO6/c1-23(27-15-10-12-24-11-6-7-13-28(24)27)38(35(40)44-36(2,3)4)21-26-20-30(29-14-8-9-16-33(29)43-26)31-19-25(17-18-32(31)37)42-22-34(39)41-5/h6-19,23,26,30H,20-22H2,1-5H3. The van der Waals surface area contributed by atoms with E-state index in [0.717, 1.165) is 21.9 Å². The number of carbonyl (C=O) groups excluding carboxylic acids is 2. The summed E-state index contributed by atoms with van der Waals surface area (Å²) in [4.78, 5) is 27.1. The molecule has 5 rings (SSSR count). The van der Waals surface area contributed by atoms with Gasteiger partial charge in [0, 0.05) is 11.5 Å². The largest absolute Gasteiger partial charge is 0.488 e. The molecule has 1 aliphatic rings. The summed E-state index contributed by atoms with van der Waals surface area (Å²) in [5, 5.41) is 2.13. The van der Waals surface area contributed by atoms with Crippen LogP contribution in [0.1, 0.15) is 62.8 Å².